The molecule has 0 atom stereocenters. The van der Waals surface area contributed by atoms with Crippen LogP contribution < -0.4 is 5.32 Å². The van der Waals surface area contributed by atoms with Gasteiger partial charge in [-0.05, 0) is 48.6 Å². The Bertz CT molecular complexity index is 882. The maximum absolute atomic E-state index is 12.5. The molecular weight excluding hydrogens is 296 g/mol. The molecule has 3 aromatic rings. The number of aryl methyl sites for hydroxylation is 2. The Labute approximate surface area is 133 Å². The predicted molar refractivity (Wildman–Crippen MR) is 89.7 cm³/mol. The highest BCUT2D eigenvalue weighted by Crippen LogP contribution is 2.29. The first-order valence-electron chi connectivity index (χ1n) is 7.42. The van der Waals surface area contributed by atoms with E-state index in [1.54, 1.807) is 0 Å². The van der Waals surface area contributed by atoms with E-state index in [-0.39, 0.29) is 5.91 Å². The Morgan fingerprint density at radius 3 is 2.77 bits per heavy atom. The zero-order chi connectivity index (χ0) is 15.1. The minimum absolute atomic E-state index is 0.209. The van der Waals surface area contributed by atoms with Gasteiger partial charge in [-0.15, -0.1) is 0 Å². The molecule has 3 nitrogen and oxygen atoms in total. The quantitative estimate of drug-likeness (QED) is 0.716. The third kappa shape index (κ3) is 2.18. The fraction of sp³-hybridized carbons (Fsp3) is 0.167. The molecule has 4 heteroatoms. The van der Waals surface area contributed by atoms with Crippen LogP contribution >= 0.6 is 11.6 Å². The van der Waals surface area contributed by atoms with Crippen molar-refractivity contribution >= 4 is 34.1 Å². The van der Waals surface area contributed by atoms with Crippen molar-refractivity contribution in [1.82, 2.24) is 4.98 Å². The van der Waals surface area contributed by atoms with Crippen LogP contribution in [0.3, 0.4) is 0 Å². The SMILES string of the molecule is O=C(Nc1ccc2c(c1)CCC2)c1[nH]c2ccccc2c1Cl. The van der Waals surface area contributed by atoms with E-state index in [1.807, 2.05) is 30.3 Å². The van der Waals surface area contributed by atoms with Gasteiger partial charge in [0.15, 0.2) is 0 Å². The first kappa shape index (κ1) is 13.4. The molecule has 2 N–H and O–H groups in total. The number of fused-ring (bicyclic) bond motifs is 2. The molecule has 2 aromatic carbocycles. The molecule has 110 valence electrons. The fourth-order valence-corrected chi connectivity index (χ4v) is 3.41. The molecular formula is C18H15ClN2O. The summed E-state index contributed by atoms with van der Waals surface area (Å²) in [5, 5.41) is 4.27. The summed E-state index contributed by atoms with van der Waals surface area (Å²) in [5.41, 5.74) is 4.82. The number of amides is 1. The smallest absolute Gasteiger partial charge is 0.273 e. The average molecular weight is 311 g/mol. The van der Waals surface area contributed by atoms with Gasteiger partial charge in [-0.2, -0.15) is 0 Å². The molecule has 0 bridgehead atoms. The highest BCUT2D eigenvalue weighted by Gasteiger charge is 2.17. The van der Waals surface area contributed by atoms with Crippen molar-refractivity contribution in [3.63, 3.8) is 0 Å². The van der Waals surface area contributed by atoms with Crippen LogP contribution in [0.4, 0.5) is 5.69 Å². The van der Waals surface area contributed by atoms with Crippen molar-refractivity contribution < 1.29 is 4.79 Å². The van der Waals surface area contributed by atoms with Gasteiger partial charge in [0.1, 0.15) is 5.69 Å². The van der Waals surface area contributed by atoms with E-state index in [0.717, 1.165) is 29.4 Å². The number of carbonyl (C=O) groups excluding carboxylic acids is 1. The second kappa shape index (κ2) is 5.18. The van der Waals surface area contributed by atoms with E-state index in [9.17, 15) is 4.79 Å². The molecule has 1 aliphatic rings. The molecule has 0 radical (unpaired) electrons. The monoisotopic (exact) mass is 310 g/mol. The van der Waals surface area contributed by atoms with Crippen LogP contribution in [0.25, 0.3) is 10.9 Å². The Hall–Kier alpha value is -2.26. The molecule has 0 fully saturated rings. The van der Waals surface area contributed by atoms with Gasteiger partial charge in [0.05, 0.1) is 5.02 Å². The summed E-state index contributed by atoms with van der Waals surface area (Å²) < 4.78 is 0. The Morgan fingerprint density at radius 1 is 1.09 bits per heavy atom. The van der Waals surface area contributed by atoms with Crippen molar-refractivity contribution in [2.24, 2.45) is 0 Å². The molecule has 22 heavy (non-hydrogen) atoms. The topological polar surface area (TPSA) is 44.9 Å². The highest BCUT2D eigenvalue weighted by atomic mass is 35.5. The van der Waals surface area contributed by atoms with E-state index in [0.29, 0.717) is 10.7 Å². The van der Waals surface area contributed by atoms with Gasteiger partial charge in [-0.1, -0.05) is 35.9 Å². The van der Waals surface area contributed by atoms with Crippen molar-refractivity contribution in [3.05, 3.63) is 64.3 Å². The average Bonchev–Trinajstić information content (AvgIpc) is 3.12. The summed E-state index contributed by atoms with van der Waals surface area (Å²) >= 11 is 6.32. The van der Waals surface area contributed by atoms with Crippen LogP contribution in [-0.4, -0.2) is 10.9 Å². The number of anilines is 1. The summed E-state index contributed by atoms with van der Waals surface area (Å²) in [5.74, 6) is -0.209. The van der Waals surface area contributed by atoms with Crippen molar-refractivity contribution in [3.8, 4) is 0 Å². The number of carbonyl (C=O) groups is 1. The molecule has 0 saturated heterocycles. The lowest BCUT2D eigenvalue weighted by atomic mass is 10.1. The van der Waals surface area contributed by atoms with Gasteiger partial charge in [-0.3, -0.25) is 4.79 Å². The molecule has 0 saturated carbocycles. The van der Waals surface area contributed by atoms with Gasteiger partial charge < -0.3 is 10.3 Å². The summed E-state index contributed by atoms with van der Waals surface area (Å²) in [6.07, 6.45) is 3.42. The van der Waals surface area contributed by atoms with Crippen molar-refractivity contribution in [2.45, 2.75) is 19.3 Å². The number of halogens is 1. The maximum Gasteiger partial charge on any atom is 0.273 e. The molecule has 4 rings (SSSR count). The van der Waals surface area contributed by atoms with Gasteiger partial charge in [0.25, 0.3) is 5.91 Å². The van der Waals surface area contributed by atoms with Crippen LogP contribution in [0.1, 0.15) is 28.0 Å². The standard InChI is InChI=1S/C18H15ClN2O/c19-16-14-6-1-2-7-15(14)21-17(16)18(22)20-13-9-8-11-4-3-5-12(11)10-13/h1-2,6-10,21H,3-5H2,(H,20,22). The van der Waals surface area contributed by atoms with Gasteiger partial charge in [-0.25, -0.2) is 0 Å². The number of H-pyrrole nitrogens is 1. The first-order valence-corrected chi connectivity index (χ1v) is 7.79. The largest absolute Gasteiger partial charge is 0.349 e. The number of hydrogen-bond acceptors (Lipinski definition) is 1. The van der Waals surface area contributed by atoms with Crippen LogP contribution in [0.15, 0.2) is 42.5 Å². The Kier molecular flexibility index (Phi) is 3.16. The predicted octanol–water partition coefficient (Wildman–Crippen LogP) is 4.56. The number of nitrogens with one attached hydrogen (secondary N) is 2. The Balaban J connectivity index is 1.65. The first-order chi connectivity index (χ1) is 10.7. The number of aromatic amines is 1. The van der Waals surface area contributed by atoms with Crippen LogP contribution in [0.5, 0.6) is 0 Å². The Morgan fingerprint density at radius 2 is 1.91 bits per heavy atom. The van der Waals surface area contributed by atoms with Gasteiger partial charge >= 0.3 is 0 Å². The summed E-state index contributed by atoms with van der Waals surface area (Å²) in [4.78, 5) is 15.6. The second-order valence-corrected chi connectivity index (χ2v) is 6.03. The zero-order valence-electron chi connectivity index (χ0n) is 11.9. The zero-order valence-corrected chi connectivity index (χ0v) is 12.7. The van der Waals surface area contributed by atoms with Crippen LogP contribution in [0, 0.1) is 0 Å². The molecule has 1 amide bonds. The summed E-state index contributed by atoms with van der Waals surface area (Å²) in [6, 6.07) is 13.8. The highest BCUT2D eigenvalue weighted by molar-refractivity contribution is 6.39. The molecule has 1 aromatic heterocycles. The van der Waals surface area contributed by atoms with E-state index >= 15 is 0 Å². The van der Waals surface area contributed by atoms with Crippen molar-refractivity contribution in [2.75, 3.05) is 5.32 Å². The lowest BCUT2D eigenvalue weighted by Crippen LogP contribution is -2.13. The maximum atomic E-state index is 12.5. The van der Waals surface area contributed by atoms with Crippen LogP contribution in [0.2, 0.25) is 5.02 Å². The second-order valence-electron chi connectivity index (χ2n) is 5.65. The number of hydrogen-bond donors (Lipinski definition) is 2. The van der Waals surface area contributed by atoms with Crippen molar-refractivity contribution in [1.29, 1.82) is 0 Å². The van der Waals surface area contributed by atoms with E-state index in [1.165, 1.54) is 17.5 Å². The van der Waals surface area contributed by atoms with Gasteiger partial charge in [0.2, 0.25) is 0 Å². The number of rotatable bonds is 2. The number of benzene rings is 2. The molecule has 0 unspecified atom stereocenters. The lowest BCUT2D eigenvalue weighted by Gasteiger charge is -2.07. The van der Waals surface area contributed by atoms with E-state index in [2.05, 4.69) is 22.4 Å². The summed E-state index contributed by atoms with van der Waals surface area (Å²) in [6.45, 7) is 0. The van der Waals surface area contributed by atoms with E-state index in [4.69, 9.17) is 11.6 Å². The summed E-state index contributed by atoms with van der Waals surface area (Å²) in [7, 11) is 0. The molecule has 0 aliphatic heterocycles. The normalized spacial score (nSPS) is 13.3. The van der Waals surface area contributed by atoms with Gasteiger partial charge in [0, 0.05) is 16.6 Å². The minimum Gasteiger partial charge on any atom is -0.349 e. The van der Waals surface area contributed by atoms with E-state index < -0.39 is 0 Å². The molecule has 1 aliphatic carbocycles. The lowest BCUT2D eigenvalue weighted by molar-refractivity contribution is 0.102. The fourth-order valence-electron chi connectivity index (χ4n) is 3.11. The number of aromatic nitrogens is 1. The van der Waals surface area contributed by atoms with Crippen LogP contribution in [-0.2, 0) is 12.8 Å². The number of para-hydroxylation sites is 1. The third-order valence-electron chi connectivity index (χ3n) is 4.23. The third-order valence-corrected chi connectivity index (χ3v) is 4.62. The minimum atomic E-state index is -0.209. The molecule has 0 spiro atoms. The molecule has 1 heterocycles.